The highest BCUT2D eigenvalue weighted by atomic mass is 32.2. The second-order valence-electron chi connectivity index (χ2n) is 5.12. The molecule has 0 aromatic heterocycles. The van der Waals surface area contributed by atoms with Crippen molar-refractivity contribution in [2.24, 2.45) is 0 Å². The van der Waals surface area contributed by atoms with Crippen LogP contribution in [0.3, 0.4) is 0 Å². The maximum Gasteiger partial charge on any atom is 0.245 e. The van der Waals surface area contributed by atoms with Crippen molar-refractivity contribution >= 4 is 27.1 Å². The fourth-order valence-corrected chi connectivity index (χ4v) is 4.44. The van der Waals surface area contributed by atoms with Crippen LogP contribution < -0.4 is 10.6 Å². The van der Waals surface area contributed by atoms with Crippen LogP contribution in [0.1, 0.15) is 19.3 Å². The van der Waals surface area contributed by atoms with Gasteiger partial charge in [0.2, 0.25) is 5.91 Å². The predicted molar refractivity (Wildman–Crippen MR) is 81.7 cm³/mol. The predicted octanol–water partition coefficient (Wildman–Crippen LogP) is 0.561. The molecule has 1 saturated heterocycles. The quantitative estimate of drug-likeness (QED) is 0.791. The number of carbonyl (C=O) groups is 1. The monoisotopic (exact) mass is 312 g/mol. The molecule has 0 aliphatic carbocycles. The van der Waals surface area contributed by atoms with Crippen LogP contribution in [0.25, 0.3) is 0 Å². The second-order valence-corrected chi connectivity index (χ2v) is 7.43. The van der Waals surface area contributed by atoms with Crippen LogP contribution in [0.2, 0.25) is 0 Å². The van der Waals surface area contributed by atoms with Gasteiger partial charge in [-0.2, -0.15) is 0 Å². The molecule has 7 heteroatoms. The number of benzene rings is 1. The molecular formula is C14H20N2O4S. The molecule has 21 heavy (non-hydrogen) atoms. The number of rotatable bonds is 4. The Morgan fingerprint density at radius 2 is 2.05 bits per heavy atom. The molecule has 1 heterocycles. The van der Waals surface area contributed by atoms with Crippen LogP contribution >= 0.6 is 0 Å². The molecular weight excluding hydrogens is 292 g/mol. The number of aliphatic hydroxyl groups excluding tert-OH is 1. The minimum atomic E-state index is -3.42. The highest BCUT2D eigenvalue weighted by molar-refractivity contribution is 7.92. The van der Waals surface area contributed by atoms with Gasteiger partial charge in [-0.1, -0.05) is 18.6 Å². The lowest BCUT2D eigenvalue weighted by atomic mass is 10.1. The van der Waals surface area contributed by atoms with E-state index >= 15 is 0 Å². The van der Waals surface area contributed by atoms with Crippen molar-refractivity contribution in [2.75, 3.05) is 29.5 Å². The number of nitrogen functional groups attached to an aromatic ring is 1. The summed E-state index contributed by atoms with van der Waals surface area (Å²) in [5.74, 6) is -0.456. The van der Waals surface area contributed by atoms with Crippen LogP contribution in [-0.4, -0.2) is 43.6 Å². The number of anilines is 2. The summed E-state index contributed by atoms with van der Waals surface area (Å²) in [6.07, 6.45) is 1.64. The number of nitrogens with two attached hydrogens (primary N) is 1. The van der Waals surface area contributed by atoms with Gasteiger partial charge in [0.05, 0.1) is 23.7 Å². The molecule has 0 spiro atoms. The Morgan fingerprint density at radius 1 is 1.33 bits per heavy atom. The van der Waals surface area contributed by atoms with E-state index in [-0.39, 0.29) is 18.9 Å². The Kier molecular flexibility index (Phi) is 4.84. The van der Waals surface area contributed by atoms with E-state index in [9.17, 15) is 18.3 Å². The number of aliphatic hydroxyl groups is 1. The Labute approximate surface area is 124 Å². The molecule has 1 aromatic rings. The third-order valence-electron chi connectivity index (χ3n) is 3.67. The molecule has 1 amide bonds. The topological polar surface area (TPSA) is 101 Å². The molecule has 116 valence electrons. The summed E-state index contributed by atoms with van der Waals surface area (Å²) < 4.78 is 24.2. The maximum atomic E-state index is 12.6. The molecule has 1 aliphatic heterocycles. The maximum absolute atomic E-state index is 12.6. The molecule has 1 aliphatic rings. The minimum Gasteiger partial charge on any atom is -0.397 e. The van der Waals surface area contributed by atoms with Gasteiger partial charge in [0.15, 0.2) is 9.84 Å². The summed E-state index contributed by atoms with van der Waals surface area (Å²) in [7, 11) is -3.42. The molecule has 0 radical (unpaired) electrons. The van der Waals surface area contributed by atoms with Gasteiger partial charge in [-0.15, -0.1) is 0 Å². The van der Waals surface area contributed by atoms with E-state index in [0.29, 0.717) is 30.6 Å². The number of sulfone groups is 1. The highest BCUT2D eigenvalue weighted by Gasteiger charge is 2.38. The van der Waals surface area contributed by atoms with Crippen molar-refractivity contribution in [1.82, 2.24) is 0 Å². The molecule has 1 unspecified atom stereocenters. The van der Waals surface area contributed by atoms with Crippen molar-refractivity contribution in [2.45, 2.75) is 24.5 Å². The third-order valence-corrected chi connectivity index (χ3v) is 5.83. The molecule has 1 atom stereocenters. The van der Waals surface area contributed by atoms with E-state index in [4.69, 9.17) is 5.73 Å². The zero-order valence-corrected chi connectivity index (χ0v) is 12.6. The standard InChI is InChI=1S/C14H20N2O4S/c15-11-5-1-2-6-12(11)16(8-9-17)14(18)13-7-3-4-10-21(13,19)20/h1-2,5-6,13,17H,3-4,7-10,15H2. The smallest absolute Gasteiger partial charge is 0.245 e. The summed E-state index contributed by atoms with van der Waals surface area (Å²) in [6, 6.07) is 6.75. The number of hydrogen-bond acceptors (Lipinski definition) is 5. The van der Waals surface area contributed by atoms with Gasteiger partial charge in [-0.05, 0) is 25.0 Å². The molecule has 3 N–H and O–H groups in total. The van der Waals surface area contributed by atoms with E-state index in [2.05, 4.69) is 0 Å². The van der Waals surface area contributed by atoms with Crippen LogP contribution in [-0.2, 0) is 14.6 Å². The summed E-state index contributed by atoms with van der Waals surface area (Å²) in [5, 5.41) is 8.15. The van der Waals surface area contributed by atoms with Crippen LogP contribution in [0.15, 0.2) is 24.3 Å². The average molecular weight is 312 g/mol. The molecule has 0 saturated carbocycles. The van der Waals surface area contributed by atoms with E-state index in [1.165, 1.54) is 4.90 Å². The Bertz CT molecular complexity index is 615. The summed E-state index contributed by atoms with van der Waals surface area (Å²) in [6.45, 7) is -0.230. The average Bonchev–Trinajstić information content (AvgIpc) is 2.45. The Hall–Kier alpha value is -1.60. The Balaban J connectivity index is 2.34. The normalized spacial score (nSPS) is 20.9. The van der Waals surface area contributed by atoms with Crippen molar-refractivity contribution in [3.05, 3.63) is 24.3 Å². The lowest BCUT2D eigenvalue weighted by Crippen LogP contribution is -2.46. The van der Waals surface area contributed by atoms with Gasteiger partial charge in [-0.3, -0.25) is 4.79 Å². The SMILES string of the molecule is Nc1ccccc1N(CCO)C(=O)C1CCCCS1(=O)=O. The largest absolute Gasteiger partial charge is 0.397 e. The van der Waals surface area contributed by atoms with Gasteiger partial charge in [0.25, 0.3) is 0 Å². The molecule has 2 rings (SSSR count). The van der Waals surface area contributed by atoms with Crippen molar-refractivity contribution < 1.29 is 18.3 Å². The van der Waals surface area contributed by atoms with Crippen molar-refractivity contribution in [3.8, 4) is 0 Å². The first-order chi connectivity index (χ1) is 9.97. The fraction of sp³-hybridized carbons (Fsp3) is 0.500. The van der Waals surface area contributed by atoms with Crippen LogP contribution in [0.4, 0.5) is 11.4 Å². The molecule has 0 bridgehead atoms. The Morgan fingerprint density at radius 3 is 2.67 bits per heavy atom. The lowest BCUT2D eigenvalue weighted by Gasteiger charge is -2.29. The van der Waals surface area contributed by atoms with Gasteiger partial charge in [-0.25, -0.2) is 8.42 Å². The molecule has 1 aromatic carbocycles. The number of hydrogen-bond donors (Lipinski definition) is 2. The fourth-order valence-electron chi connectivity index (χ4n) is 2.59. The third kappa shape index (κ3) is 3.36. The van der Waals surface area contributed by atoms with E-state index in [1.54, 1.807) is 24.3 Å². The summed E-state index contributed by atoms with van der Waals surface area (Å²) >= 11 is 0. The first-order valence-corrected chi connectivity index (χ1v) is 8.67. The van der Waals surface area contributed by atoms with Crippen LogP contribution in [0.5, 0.6) is 0 Å². The second kappa shape index (κ2) is 6.44. The zero-order chi connectivity index (χ0) is 15.5. The van der Waals surface area contributed by atoms with Gasteiger partial charge in [0.1, 0.15) is 5.25 Å². The highest BCUT2D eigenvalue weighted by Crippen LogP contribution is 2.27. The first-order valence-electron chi connectivity index (χ1n) is 6.95. The molecule has 6 nitrogen and oxygen atoms in total. The van der Waals surface area contributed by atoms with Gasteiger partial charge >= 0.3 is 0 Å². The van der Waals surface area contributed by atoms with Crippen molar-refractivity contribution in [3.63, 3.8) is 0 Å². The van der Waals surface area contributed by atoms with E-state index in [1.807, 2.05) is 0 Å². The summed E-state index contributed by atoms with van der Waals surface area (Å²) in [4.78, 5) is 13.9. The number of para-hydroxylation sites is 2. The van der Waals surface area contributed by atoms with Crippen LogP contribution in [0, 0.1) is 0 Å². The number of carbonyl (C=O) groups excluding carboxylic acids is 1. The zero-order valence-electron chi connectivity index (χ0n) is 11.7. The number of amides is 1. The summed E-state index contributed by atoms with van der Waals surface area (Å²) in [5.41, 5.74) is 6.69. The van der Waals surface area contributed by atoms with Gasteiger partial charge in [0, 0.05) is 6.54 Å². The van der Waals surface area contributed by atoms with E-state index in [0.717, 1.165) is 0 Å². The first kappa shape index (κ1) is 15.8. The van der Waals surface area contributed by atoms with E-state index < -0.39 is 21.0 Å². The number of nitrogens with zero attached hydrogens (tertiary/aromatic N) is 1. The lowest BCUT2D eigenvalue weighted by molar-refractivity contribution is -0.118. The van der Waals surface area contributed by atoms with Crippen molar-refractivity contribution in [1.29, 1.82) is 0 Å². The van der Waals surface area contributed by atoms with Gasteiger partial charge < -0.3 is 15.7 Å². The minimum absolute atomic E-state index is 0.0269. The molecule has 1 fully saturated rings.